The van der Waals surface area contributed by atoms with Crippen LogP contribution in [0, 0.1) is 0 Å². The van der Waals surface area contributed by atoms with Crippen LogP contribution in [0.1, 0.15) is 40.5 Å². The second-order valence-electron chi connectivity index (χ2n) is 5.67. The van der Waals surface area contributed by atoms with E-state index in [4.69, 9.17) is 4.74 Å². The number of esters is 1. The second-order valence-corrected chi connectivity index (χ2v) is 5.67. The van der Waals surface area contributed by atoms with Crippen molar-refractivity contribution in [1.29, 1.82) is 0 Å². The van der Waals surface area contributed by atoms with Crippen molar-refractivity contribution in [2.24, 2.45) is 0 Å². The summed E-state index contributed by atoms with van der Waals surface area (Å²) in [5, 5.41) is 2.77. The number of benzene rings is 1. The molecule has 2 aromatic rings. The smallest absolute Gasteiger partial charge is 0.339 e. The molecule has 0 saturated heterocycles. The van der Waals surface area contributed by atoms with E-state index in [0.717, 1.165) is 25.2 Å². The molecule has 132 valence electrons. The highest BCUT2D eigenvalue weighted by Crippen LogP contribution is 2.18. The predicted octanol–water partition coefficient (Wildman–Crippen LogP) is 3.36. The number of carbonyl (C=O) groups is 2. The maximum absolute atomic E-state index is 12.6. The number of anilines is 2. The number of methoxy groups -OCH3 is 1. The Morgan fingerprint density at radius 2 is 2.00 bits per heavy atom. The molecular weight excluding hydrogens is 318 g/mol. The third-order valence-corrected chi connectivity index (χ3v) is 3.83. The van der Waals surface area contributed by atoms with Gasteiger partial charge in [0, 0.05) is 25.4 Å². The Morgan fingerprint density at radius 1 is 1.24 bits per heavy atom. The van der Waals surface area contributed by atoms with Gasteiger partial charge in [0.1, 0.15) is 5.82 Å². The Hall–Kier alpha value is -2.89. The van der Waals surface area contributed by atoms with Gasteiger partial charge in [-0.05, 0) is 30.7 Å². The van der Waals surface area contributed by atoms with Crippen molar-refractivity contribution in [3.8, 4) is 0 Å². The fourth-order valence-corrected chi connectivity index (χ4v) is 2.35. The Kier molecular flexibility index (Phi) is 6.51. The summed E-state index contributed by atoms with van der Waals surface area (Å²) in [5.74, 6) is -0.0585. The van der Waals surface area contributed by atoms with Crippen LogP contribution in [0.25, 0.3) is 0 Å². The van der Waals surface area contributed by atoms with E-state index in [0.29, 0.717) is 16.8 Å². The Morgan fingerprint density at radius 3 is 2.72 bits per heavy atom. The largest absolute Gasteiger partial charge is 0.465 e. The molecule has 6 heteroatoms. The highest BCUT2D eigenvalue weighted by atomic mass is 16.5. The van der Waals surface area contributed by atoms with Crippen molar-refractivity contribution in [3.63, 3.8) is 0 Å². The molecule has 6 nitrogen and oxygen atoms in total. The number of carbonyl (C=O) groups excluding carboxylic acids is 2. The summed E-state index contributed by atoms with van der Waals surface area (Å²) in [6.07, 6.45) is 3.76. The summed E-state index contributed by atoms with van der Waals surface area (Å²) in [6, 6.07) is 10.1. The topological polar surface area (TPSA) is 71.5 Å². The lowest BCUT2D eigenvalue weighted by Crippen LogP contribution is -2.21. The predicted molar refractivity (Wildman–Crippen MR) is 98.1 cm³/mol. The van der Waals surface area contributed by atoms with Crippen LogP contribution in [0.4, 0.5) is 11.5 Å². The molecule has 1 aromatic heterocycles. The van der Waals surface area contributed by atoms with Gasteiger partial charge >= 0.3 is 5.97 Å². The molecule has 1 heterocycles. The third kappa shape index (κ3) is 4.79. The van der Waals surface area contributed by atoms with Gasteiger partial charge in [-0.2, -0.15) is 0 Å². The van der Waals surface area contributed by atoms with Crippen LogP contribution < -0.4 is 10.2 Å². The summed E-state index contributed by atoms with van der Waals surface area (Å²) in [4.78, 5) is 30.7. The van der Waals surface area contributed by atoms with E-state index in [1.54, 1.807) is 42.6 Å². The lowest BCUT2D eigenvalue weighted by atomic mass is 10.1. The molecule has 0 aliphatic heterocycles. The Labute approximate surface area is 147 Å². The zero-order valence-electron chi connectivity index (χ0n) is 14.8. The second kappa shape index (κ2) is 8.82. The lowest BCUT2D eigenvalue weighted by Gasteiger charge is -2.18. The van der Waals surface area contributed by atoms with Gasteiger partial charge in [0.25, 0.3) is 5.91 Å². The highest BCUT2D eigenvalue weighted by Gasteiger charge is 2.15. The molecule has 0 radical (unpaired) electrons. The lowest BCUT2D eigenvalue weighted by molar-refractivity contribution is 0.0602. The monoisotopic (exact) mass is 341 g/mol. The number of aromatic nitrogens is 1. The number of pyridine rings is 1. The maximum atomic E-state index is 12.6. The quantitative estimate of drug-likeness (QED) is 0.782. The van der Waals surface area contributed by atoms with Crippen LogP contribution in [-0.4, -0.2) is 37.6 Å². The van der Waals surface area contributed by atoms with Crippen molar-refractivity contribution >= 4 is 23.4 Å². The molecule has 0 bridgehead atoms. The third-order valence-electron chi connectivity index (χ3n) is 3.83. The van der Waals surface area contributed by atoms with Crippen LogP contribution >= 0.6 is 0 Å². The molecule has 25 heavy (non-hydrogen) atoms. The van der Waals surface area contributed by atoms with E-state index in [9.17, 15) is 9.59 Å². The molecule has 0 atom stereocenters. The number of nitrogens with one attached hydrogen (secondary N) is 1. The van der Waals surface area contributed by atoms with Crippen molar-refractivity contribution < 1.29 is 14.3 Å². The minimum absolute atomic E-state index is 0.302. The van der Waals surface area contributed by atoms with Crippen molar-refractivity contribution in [2.45, 2.75) is 19.8 Å². The SMILES string of the molecule is CCCCN(C)c1cc(C(=O)Nc2ccccc2C(=O)OC)ccn1. The Bertz CT molecular complexity index is 746. The van der Waals surface area contributed by atoms with Crippen LogP contribution in [0.2, 0.25) is 0 Å². The van der Waals surface area contributed by atoms with Crippen LogP contribution in [0.15, 0.2) is 42.6 Å². The zero-order chi connectivity index (χ0) is 18.2. The number of ether oxygens (including phenoxy) is 1. The first-order valence-corrected chi connectivity index (χ1v) is 8.22. The fourth-order valence-electron chi connectivity index (χ4n) is 2.35. The molecule has 1 aromatic carbocycles. The van der Waals surface area contributed by atoms with Gasteiger partial charge in [-0.15, -0.1) is 0 Å². The molecular formula is C19H23N3O3. The van der Waals surface area contributed by atoms with E-state index in [1.807, 2.05) is 11.9 Å². The van der Waals surface area contributed by atoms with Crippen molar-refractivity contribution in [1.82, 2.24) is 4.98 Å². The molecule has 1 amide bonds. The number of hydrogen-bond acceptors (Lipinski definition) is 5. The number of para-hydroxylation sites is 1. The minimum atomic E-state index is -0.495. The normalized spacial score (nSPS) is 10.2. The van der Waals surface area contributed by atoms with E-state index >= 15 is 0 Å². The van der Waals surface area contributed by atoms with Gasteiger partial charge in [-0.25, -0.2) is 9.78 Å². The van der Waals surface area contributed by atoms with E-state index < -0.39 is 5.97 Å². The molecule has 1 N–H and O–H groups in total. The average Bonchev–Trinajstić information content (AvgIpc) is 2.66. The van der Waals surface area contributed by atoms with E-state index in [-0.39, 0.29) is 5.91 Å². The van der Waals surface area contributed by atoms with Gasteiger partial charge in [0.2, 0.25) is 0 Å². The van der Waals surface area contributed by atoms with Gasteiger partial charge < -0.3 is 15.0 Å². The van der Waals surface area contributed by atoms with E-state index in [2.05, 4.69) is 17.2 Å². The molecule has 0 saturated carbocycles. The minimum Gasteiger partial charge on any atom is -0.465 e. The number of hydrogen-bond donors (Lipinski definition) is 1. The Balaban J connectivity index is 2.18. The molecule has 2 rings (SSSR count). The average molecular weight is 341 g/mol. The number of unbranched alkanes of at least 4 members (excludes halogenated alkanes) is 1. The maximum Gasteiger partial charge on any atom is 0.339 e. The van der Waals surface area contributed by atoms with Gasteiger partial charge in [-0.1, -0.05) is 25.5 Å². The first-order chi connectivity index (χ1) is 12.1. The fraction of sp³-hybridized carbons (Fsp3) is 0.316. The van der Waals surface area contributed by atoms with E-state index in [1.165, 1.54) is 7.11 Å². The number of nitrogens with zero attached hydrogens (tertiary/aromatic N) is 2. The summed E-state index contributed by atoms with van der Waals surface area (Å²) in [6.45, 7) is 3.00. The summed E-state index contributed by atoms with van der Waals surface area (Å²) >= 11 is 0. The number of rotatable bonds is 7. The standard InChI is InChI=1S/C19H23N3O3/c1-4-5-12-22(2)17-13-14(10-11-20-17)18(23)21-16-9-7-6-8-15(16)19(24)25-3/h6-11,13H,4-5,12H2,1-3H3,(H,21,23). The van der Waals surface area contributed by atoms with Crippen molar-refractivity contribution in [2.75, 3.05) is 30.9 Å². The first kappa shape index (κ1) is 18.4. The summed E-state index contributed by atoms with van der Waals surface area (Å²) in [7, 11) is 3.26. The molecule has 0 aliphatic carbocycles. The van der Waals surface area contributed by atoms with Gasteiger partial charge in [0.15, 0.2) is 0 Å². The molecule has 0 aliphatic rings. The first-order valence-electron chi connectivity index (χ1n) is 8.22. The highest BCUT2D eigenvalue weighted by molar-refractivity contribution is 6.08. The van der Waals surface area contributed by atoms with Crippen LogP contribution in [0.5, 0.6) is 0 Å². The van der Waals surface area contributed by atoms with Gasteiger partial charge in [0.05, 0.1) is 18.4 Å². The molecule has 0 spiro atoms. The molecule has 0 unspecified atom stereocenters. The summed E-state index contributed by atoms with van der Waals surface area (Å²) in [5.41, 5.74) is 1.21. The number of amides is 1. The van der Waals surface area contributed by atoms with Crippen LogP contribution in [0.3, 0.4) is 0 Å². The summed E-state index contributed by atoms with van der Waals surface area (Å²) < 4.78 is 4.75. The van der Waals surface area contributed by atoms with Gasteiger partial charge in [-0.3, -0.25) is 4.79 Å². The zero-order valence-corrected chi connectivity index (χ0v) is 14.8. The molecule has 0 fully saturated rings. The van der Waals surface area contributed by atoms with Crippen molar-refractivity contribution in [3.05, 3.63) is 53.7 Å². The van der Waals surface area contributed by atoms with Crippen LogP contribution in [-0.2, 0) is 4.74 Å².